The van der Waals surface area contributed by atoms with E-state index >= 15 is 0 Å². The molecular formula is C12H12O3. The second kappa shape index (κ2) is 5.10. The van der Waals surface area contributed by atoms with Crippen molar-refractivity contribution in [3.8, 4) is 0 Å². The maximum atomic E-state index is 10.8. The molecule has 78 valence electrons. The SMILES string of the molecule is COC(=O)/C=C/c1ccc(C)c(C=O)c1. The van der Waals surface area contributed by atoms with Crippen LogP contribution in [0.15, 0.2) is 24.3 Å². The molecule has 0 aliphatic rings. The van der Waals surface area contributed by atoms with Crippen LogP contribution in [0.2, 0.25) is 0 Å². The number of benzene rings is 1. The van der Waals surface area contributed by atoms with Gasteiger partial charge >= 0.3 is 5.97 Å². The monoisotopic (exact) mass is 204 g/mol. The lowest BCUT2D eigenvalue weighted by atomic mass is 10.1. The van der Waals surface area contributed by atoms with E-state index in [2.05, 4.69) is 4.74 Å². The fourth-order valence-corrected chi connectivity index (χ4v) is 1.12. The van der Waals surface area contributed by atoms with Crippen molar-refractivity contribution >= 4 is 18.3 Å². The Hall–Kier alpha value is -1.90. The van der Waals surface area contributed by atoms with E-state index in [0.29, 0.717) is 5.56 Å². The summed E-state index contributed by atoms with van der Waals surface area (Å²) in [6, 6.07) is 5.39. The van der Waals surface area contributed by atoms with Gasteiger partial charge < -0.3 is 4.74 Å². The lowest BCUT2D eigenvalue weighted by molar-refractivity contribution is -0.134. The van der Waals surface area contributed by atoms with E-state index in [1.165, 1.54) is 13.2 Å². The fourth-order valence-electron chi connectivity index (χ4n) is 1.12. The average molecular weight is 204 g/mol. The molecule has 0 bridgehead atoms. The van der Waals surface area contributed by atoms with Crippen molar-refractivity contribution in [2.75, 3.05) is 7.11 Å². The van der Waals surface area contributed by atoms with E-state index in [1.807, 2.05) is 19.1 Å². The van der Waals surface area contributed by atoms with Crippen molar-refractivity contribution in [1.82, 2.24) is 0 Å². The third kappa shape index (κ3) is 3.06. The van der Waals surface area contributed by atoms with Gasteiger partial charge in [0.2, 0.25) is 0 Å². The third-order valence-corrected chi connectivity index (χ3v) is 2.04. The first-order chi connectivity index (χ1) is 7.17. The van der Waals surface area contributed by atoms with Crippen molar-refractivity contribution in [3.05, 3.63) is 41.0 Å². The van der Waals surface area contributed by atoms with Crippen molar-refractivity contribution in [3.63, 3.8) is 0 Å². The second-order valence-corrected chi connectivity index (χ2v) is 3.09. The lowest BCUT2D eigenvalue weighted by Gasteiger charge is -1.99. The van der Waals surface area contributed by atoms with Gasteiger partial charge in [-0.2, -0.15) is 0 Å². The summed E-state index contributed by atoms with van der Waals surface area (Å²) in [6.45, 7) is 1.86. The van der Waals surface area contributed by atoms with Crippen molar-refractivity contribution < 1.29 is 14.3 Å². The molecule has 0 saturated heterocycles. The molecule has 15 heavy (non-hydrogen) atoms. The highest BCUT2D eigenvalue weighted by molar-refractivity contribution is 5.87. The largest absolute Gasteiger partial charge is 0.466 e. The quantitative estimate of drug-likeness (QED) is 0.429. The highest BCUT2D eigenvalue weighted by Gasteiger charge is 1.97. The summed E-state index contributed by atoms with van der Waals surface area (Å²) in [6.07, 6.45) is 3.72. The first-order valence-corrected chi connectivity index (χ1v) is 4.49. The number of methoxy groups -OCH3 is 1. The molecule has 0 fully saturated rings. The number of carbonyl (C=O) groups excluding carboxylic acids is 2. The maximum absolute atomic E-state index is 10.8. The van der Waals surface area contributed by atoms with Crippen LogP contribution >= 0.6 is 0 Å². The molecule has 1 aromatic carbocycles. The first-order valence-electron chi connectivity index (χ1n) is 4.49. The van der Waals surface area contributed by atoms with Crippen LogP contribution in [0.5, 0.6) is 0 Å². The summed E-state index contributed by atoms with van der Waals surface area (Å²) in [5.74, 6) is -0.414. The Bertz CT molecular complexity index is 405. The summed E-state index contributed by atoms with van der Waals surface area (Å²) in [4.78, 5) is 21.5. The smallest absolute Gasteiger partial charge is 0.330 e. The molecule has 0 radical (unpaired) electrons. The third-order valence-electron chi connectivity index (χ3n) is 2.04. The van der Waals surface area contributed by atoms with E-state index in [0.717, 1.165) is 17.4 Å². The van der Waals surface area contributed by atoms with E-state index < -0.39 is 5.97 Å². The zero-order valence-electron chi connectivity index (χ0n) is 8.69. The van der Waals surface area contributed by atoms with Gasteiger partial charge in [0.15, 0.2) is 0 Å². The number of carbonyl (C=O) groups is 2. The first kappa shape index (κ1) is 11.2. The topological polar surface area (TPSA) is 43.4 Å². The minimum Gasteiger partial charge on any atom is -0.466 e. The van der Waals surface area contributed by atoms with Gasteiger partial charge in [0.25, 0.3) is 0 Å². The van der Waals surface area contributed by atoms with Crippen LogP contribution in [0.25, 0.3) is 6.08 Å². The van der Waals surface area contributed by atoms with Gasteiger partial charge in [-0.25, -0.2) is 4.79 Å². The molecular weight excluding hydrogens is 192 g/mol. The zero-order chi connectivity index (χ0) is 11.3. The number of ether oxygens (including phenoxy) is 1. The summed E-state index contributed by atoms with van der Waals surface area (Å²) in [7, 11) is 1.32. The molecule has 3 nitrogen and oxygen atoms in total. The number of aryl methyl sites for hydroxylation is 1. The molecule has 0 amide bonds. The predicted molar refractivity (Wildman–Crippen MR) is 57.6 cm³/mol. The molecule has 1 aromatic rings. The fraction of sp³-hybridized carbons (Fsp3) is 0.167. The normalized spacial score (nSPS) is 10.3. The second-order valence-electron chi connectivity index (χ2n) is 3.09. The summed E-state index contributed by atoms with van der Waals surface area (Å²) in [5.41, 5.74) is 2.34. The van der Waals surface area contributed by atoms with E-state index in [4.69, 9.17) is 0 Å². The molecule has 0 aliphatic carbocycles. The predicted octanol–water partition coefficient (Wildman–Crippen LogP) is 1.99. The van der Waals surface area contributed by atoms with Crippen LogP contribution in [0, 0.1) is 6.92 Å². The zero-order valence-corrected chi connectivity index (χ0v) is 8.69. The average Bonchev–Trinajstić information content (AvgIpc) is 2.27. The Morgan fingerprint density at radius 1 is 1.40 bits per heavy atom. The van der Waals surface area contributed by atoms with Crippen LogP contribution in [0.4, 0.5) is 0 Å². The minimum absolute atomic E-state index is 0.414. The van der Waals surface area contributed by atoms with Crippen molar-refractivity contribution in [1.29, 1.82) is 0 Å². The molecule has 0 atom stereocenters. The molecule has 0 spiro atoms. The van der Waals surface area contributed by atoms with Gasteiger partial charge in [0.1, 0.15) is 6.29 Å². The Labute approximate surface area is 88.4 Å². The molecule has 0 heterocycles. The van der Waals surface area contributed by atoms with E-state index in [-0.39, 0.29) is 0 Å². The van der Waals surface area contributed by atoms with E-state index in [1.54, 1.807) is 12.1 Å². The summed E-state index contributed by atoms with van der Waals surface area (Å²) >= 11 is 0. The van der Waals surface area contributed by atoms with Crippen LogP contribution in [0.1, 0.15) is 21.5 Å². The Kier molecular flexibility index (Phi) is 3.80. The molecule has 0 saturated carbocycles. The lowest BCUT2D eigenvalue weighted by Crippen LogP contribution is -1.93. The molecule has 0 unspecified atom stereocenters. The Balaban J connectivity index is 2.92. The van der Waals surface area contributed by atoms with Crippen LogP contribution < -0.4 is 0 Å². The summed E-state index contributed by atoms with van der Waals surface area (Å²) in [5, 5.41) is 0. The van der Waals surface area contributed by atoms with Crippen molar-refractivity contribution in [2.45, 2.75) is 6.92 Å². The standard InChI is InChI=1S/C12H12O3/c1-9-3-4-10(7-11(9)8-13)5-6-12(14)15-2/h3-8H,1-2H3/b6-5+. The van der Waals surface area contributed by atoms with Gasteiger partial charge in [-0.1, -0.05) is 12.1 Å². The van der Waals surface area contributed by atoms with Crippen LogP contribution in [-0.2, 0) is 9.53 Å². The Morgan fingerprint density at radius 2 is 2.13 bits per heavy atom. The Morgan fingerprint density at radius 3 is 2.73 bits per heavy atom. The number of rotatable bonds is 3. The molecule has 0 N–H and O–H groups in total. The molecule has 1 rings (SSSR count). The molecule has 0 aliphatic heterocycles. The molecule has 0 aromatic heterocycles. The highest BCUT2D eigenvalue weighted by Crippen LogP contribution is 2.10. The molecule has 3 heteroatoms. The van der Waals surface area contributed by atoms with E-state index in [9.17, 15) is 9.59 Å². The van der Waals surface area contributed by atoms with Crippen LogP contribution in [0.3, 0.4) is 0 Å². The number of hydrogen-bond acceptors (Lipinski definition) is 3. The van der Waals surface area contributed by atoms with Gasteiger partial charge in [-0.3, -0.25) is 4.79 Å². The van der Waals surface area contributed by atoms with Gasteiger partial charge in [0, 0.05) is 11.6 Å². The van der Waals surface area contributed by atoms with Crippen molar-refractivity contribution in [2.24, 2.45) is 0 Å². The highest BCUT2D eigenvalue weighted by atomic mass is 16.5. The van der Waals surface area contributed by atoms with Gasteiger partial charge in [0.05, 0.1) is 7.11 Å². The van der Waals surface area contributed by atoms with Gasteiger partial charge in [-0.15, -0.1) is 0 Å². The number of aldehydes is 1. The van der Waals surface area contributed by atoms with Crippen LogP contribution in [-0.4, -0.2) is 19.4 Å². The number of hydrogen-bond donors (Lipinski definition) is 0. The maximum Gasteiger partial charge on any atom is 0.330 e. The number of esters is 1. The van der Waals surface area contributed by atoms with Gasteiger partial charge in [-0.05, 0) is 30.2 Å². The minimum atomic E-state index is -0.414. The summed E-state index contributed by atoms with van der Waals surface area (Å²) < 4.78 is 4.46.